The third kappa shape index (κ3) is 2.48. The highest BCUT2D eigenvalue weighted by molar-refractivity contribution is 5.47. The van der Waals surface area contributed by atoms with Crippen LogP contribution in [-0.2, 0) is 4.74 Å². The summed E-state index contributed by atoms with van der Waals surface area (Å²) in [6.07, 6.45) is 4.51. The van der Waals surface area contributed by atoms with Crippen LogP contribution in [0.15, 0.2) is 18.3 Å². The van der Waals surface area contributed by atoms with E-state index in [9.17, 15) is 0 Å². The SMILES string of the molecule is CCOC1CC(Nc2cccnc2C)C1. The van der Waals surface area contributed by atoms with E-state index < -0.39 is 0 Å². The summed E-state index contributed by atoms with van der Waals surface area (Å²) in [4.78, 5) is 4.25. The highest BCUT2D eigenvalue weighted by Gasteiger charge is 2.29. The molecule has 1 heterocycles. The van der Waals surface area contributed by atoms with Gasteiger partial charge in [0.15, 0.2) is 0 Å². The van der Waals surface area contributed by atoms with Crippen LogP contribution >= 0.6 is 0 Å². The number of nitrogens with zero attached hydrogens (tertiary/aromatic N) is 1. The van der Waals surface area contributed by atoms with Crippen LogP contribution in [-0.4, -0.2) is 23.7 Å². The van der Waals surface area contributed by atoms with E-state index in [0.29, 0.717) is 12.1 Å². The van der Waals surface area contributed by atoms with E-state index >= 15 is 0 Å². The van der Waals surface area contributed by atoms with Gasteiger partial charge in [0.05, 0.1) is 17.5 Å². The molecule has 1 saturated carbocycles. The molecule has 0 atom stereocenters. The Kier molecular flexibility index (Phi) is 3.21. The summed E-state index contributed by atoms with van der Waals surface area (Å²) in [5.74, 6) is 0. The fraction of sp³-hybridized carbons (Fsp3) is 0.583. The molecule has 0 bridgehead atoms. The summed E-state index contributed by atoms with van der Waals surface area (Å²) in [6, 6.07) is 4.61. The third-order valence-electron chi connectivity index (χ3n) is 2.86. The maximum atomic E-state index is 5.52. The van der Waals surface area contributed by atoms with Gasteiger partial charge in [-0.05, 0) is 38.8 Å². The van der Waals surface area contributed by atoms with Crippen molar-refractivity contribution in [2.75, 3.05) is 11.9 Å². The first-order chi connectivity index (χ1) is 7.29. The Morgan fingerprint density at radius 3 is 3.00 bits per heavy atom. The Balaban J connectivity index is 1.82. The molecule has 3 heteroatoms. The van der Waals surface area contributed by atoms with Gasteiger partial charge < -0.3 is 10.1 Å². The Hall–Kier alpha value is -1.09. The Bertz CT molecular complexity index is 321. The minimum atomic E-state index is 0.462. The molecule has 0 unspecified atom stereocenters. The third-order valence-corrected chi connectivity index (χ3v) is 2.86. The molecule has 0 aliphatic heterocycles. The minimum absolute atomic E-state index is 0.462. The molecule has 0 aromatic carbocycles. The van der Waals surface area contributed by atoms with Crippen molar-refractivity contribution in [2.45, 2.75) is 38.8 Å². The summed E-state index contributed by atoms with van der Waals surface area (Å²) in [7, 11) is 0. The Morgan fingerprint density at radius 1 is 1.53 bits per heavy atom. The number of aromatic nitrogens is 1. The minimum Gasteiger partial charge on any atom is -0.381 e. The van der Waals surface area contributed by atoms with E-state index in [1.54, 1.807) is 0 Å². The van der Waals surface area contributed by atoms with E-state index in [1.807, 2.05) is 26.1 Å². The van der Waals surface area contributed by atoms with Crippen LogP contribution in [0.1, 0.15) is 25.5 Å². The van der Waals surface area contributed by atoms with Crippen molar-refractivity contribution >= 4 is 5.69 Å². The fourth-order valence-electron chi connectivity index (χ4n) is 1.91. The molecule has 0 radical (unpaired) electrons. The summed E-state index contributed by atoms with van der Waals surface area (Å²) in [5.41, 5.74) is 2.22. The van der Waals surface area contributed by atoms with Gasteiger partial charge in [-0.25, -0.2) is 0 Å². The number of hydrogen-bond acceptors (Lipinski definition) is 3. The molecule has 1 N–H and O–H groups in total. The van der Waals surface area contributed by atoms with E-state index in [-0.39, 0.29) is 0 Å². The number of nitrogens with one attached hydrogen (secondary N) is 1. The standard InChI is InChI=1S/C12H18N2O/c1-3-15-11-7-10(8-11)14-12-5-4-6-13-9(12)2/h4-6,10-11,14H,3,7-8H2,1-2H3. The van der Waals surface area contributed by atoms with Crippen LogP contribution in [0.4, 0.5) is 5.69 Å². The summed E-state index contributed by atoms with van der Waals surface area (Å²) >= 11 is 0. The molecule has 1 fully saturated rings. The quantitative estimate of drug-likeness (QED) is 0.821. The van der Waals surface area contributed by atoms with Crippen LogP contribution in [0, 0.1) is 6.92 Å². The van der Waals surface area contributed by atoms with E-state index in [1.165, 1.54) is 0 Å². The van der Waals surface area contributed by atoms with Gasteiger partial charge in [-0.15, -0.1) is 0 Å². The van der Waals surface area contributed by atoms with Gasteiger partial charge in [0.2, 0.25) is 0 Å². The molecule has 1 aromatic heterocycles. The largest absolute Gasteiger partial charge is 0.381 e. The zero-order valence-electron chi connectivity index (χ0n) is 9.36. The molecule has 0 amide bonds. The first kappa shape index (κ1) is 10.4. The number of aryl methyl sites for hydroxylation is 1. The average Bonchev–Trinajstić information content (AvgIpc) is 2.18. The molecule has 0 spiro atoms. The second-order valence-corrected chi connectivity index (χ2v) is 4.03. The summed E-state index contributed by atoms with van der Waals surface area (Å²) in [5, 5.41) is 3.49. The molecule has 1 aliphatic rings. The Labute approximate surface area is 90.9 Å². The van der Waals surface area contributed by atoms with Crippen molar-refractivity contribution in [1.82, 2.24) is 4.98 Å². The lowest BCUT2D eigenvalue weighted by atomic mass is 9.89. The lowest BCUT2D eigenvalue weighted by molar-refractivity contribution is 0.00297. The number of rotatable bonds is 4. The fourth-order valence-corrected chi connectivity index (χ4v) is 1.91. The lowest BCUT2D eigenvalue weighted by Crippen LogP contribution is -2.40. The molecule has 0 saturated heterocycles. The van der Waals surface area contributed by atoms with Gasteiger partial charge in [0.25, 0.3) is 0 Å². The normalized spacial score (nSPS) is 24.7. The second kappa shape index (κ2) is 4.62. The smallest absolute Gasteiger partial charge is 0.0614 e. The van der Waals surface area contributed by atoms with Crippen molar-refractivity contribution in [3.63, 3.8) is 0 Å². The summed E-state index contributed by atoms with van der Waals surface area (Å²) in [6.45, 7) is 4.90. The predicted octanol–water partition coefficient (Wildman–Crippen LogP) is 2.37. The number of hydrogen-bond donors (Lipinski definition) is 1. The molecule has 15 heavy (non-hydrogen) atoms. The van der Waals surface area contributed by atoms with Gasteiger partial charge in [-0.1, -0.05) is 0 Å². The van der Waals surface area contributed by atoms with Gasteiger partial charge in [0.1, 0.15) is 0 Å². The topological polar surface area (TPSA) is 34.1 Å². The van der Waals surface area contributed by atoms with Crippen molar-refractivity contribution in [3.8, 4) is 0 Å². The first-order valence-electron chi connectivity index (χ1n) is 5.59. The van der Waals surface area contributed by atoms with Crippen molar-refractivity contribution in [2.24, 2.45) is 0 Å². The second-order valence-electron chi connectivity index (χ2n) is 4.03. The molecule has 82 valence electrons. The maximum absolute atomic E-state index is 5.52. The van der Waals surface area contributed by atoms with Crippen LogP contribution in [0.2, 0.25) is 0 Å². The van der Waals surface area contributed by atoms with Gasteiger partial charge >= 0.3 is 0 Å². The van der Waals surface area contributed by atoms with E-state index in [0.717, 1.165) is 30.8 Å². The number of pyridine rings is 1. The number of ether oxygens (including phenoxy) is 1. The van der Waals surface area contributed by atoms with Crippen LogP contribution in [0.5, 0.6) is 0 Å². The molecule has 2 rings (SSSR count). The molecular formula is C12H18N2O. The molecular weight excluding hydrogens is 188 g/mol. The van der Waals surface area contributed by atoms with Gasteiger partial charge in [-0.3, -0.25) is 4.98 Å². The molecule has 3 nitrogen and oxygen atoms in total. The van der Waals surface area contributed by atoms with E-state index in [4.69, 9.17) is 4.74 Å². The predicted molar refractivity (Wildman–Crippen MR) is 61.0 cm³/mol. The molecule has 1 aliphatic carbocycles. The van der Waals surface area contributed by atoms with E-state index in [2.05, 4.69) is 16.4 Å². The summed E-state index contributed by atoms with van der Waals surface area (Å²) < 4.78 is 5.52. The van der Waals surface area contributed by atoms with Gasteiger partial charge in [0, 0.05) is 18.8 Å². The lowest BCUT2D eigenvalue weighted by Gasteiger charge is -2.36. The van der Waals surface area contributed by atoms with Gasteiger partial charge in [-0.2, -0.15) is 0 Å². The van der Waals surface area contributed by atoms with Crippen molar-refractivity contribution in [3.05, 3.63) is 24.0 Å². The maximum Gasteiger partial charge on any atom is 0.0614 e. The van der Waals surface area contributed by atoms with Crippen LogP contribution in [0.3, 0.4) is 0 Å². The van der Waals surface area contributed by atoms with Crippen molar-refractivity contribution < 1.29 is 4.74 Å². The van der Waals surface area contributed by atoms with Crippen LogP contribution < -0.4 is 5.32 Å². The van der Waals surface area contributed by atoms with Crippen LogP contribution in [0.25, 0.3) is 0 Å². The molecule has 1 aromatic rings. The zero-order chi connectivity index (χ0) is 10.7. The Morgan fingerprint density at radius 2 is 2.33 bits per heavy atom. The highest BCUT2D eigenvalue weighted by atomic mass is 16.5. The first-order valence-corrected chi connectivity index (χ1v) is 5.59. The highest BCUT2D eigenvalue weighted by Crippen LogP contribution is 2.27. The monoisotopic (exact) mass is 206 g/mol. The number of anilines is 1. The van der Waals surface area contributed by atoms with Crippen molar-refractivity contribution in [1.29, 1.82) is 0 Å². The zero-order valence-corrected chi connectivity index (χ0v) is 9.36. The average molecular weight is 206 g/mol.